The zero-order valence-electron chi connectivity index (χ0n) is 20.4. The zero-order chi connectivity index (χ0) is 24.3. The standard InChI is InChI=1S/C27H36FN3O3/c1-4-6-17-33-20-23(32)18-31(16-5-2)19-25-26(21-10-8-7-9-11-21)29-30(3)27(25)34-24-14-12-22(28)13-15-24/h7-15,23,32H,4-6,16-20H2,1-3H3. The van der Waals surface area contributed by atoms with E-state index in [4.69, 9.17) is 14.6 Å². The van der Waals surface area contributed by atoms with E-state index >= 15 is 0 Å². The van der Waals surface area contributed by atoms with Crippen LogP contribution in [0.25, 0.3) is 11.3 Å². The first-order valence-electron chi connectivity index (χ1n) is 12.0. The van der Waals surface area contributed by atoms with Gasteiger partial charge in [-0.3, -0.25) is 4.90 Å². The summed E-state index contributed by atoms with van der Waals surface area (Å²) in [7, 11) is 1.84. The van der Waals surface area contributed by atoms with Gasteiger partial charge in [0.05, 0.1) is 18.3 Å². The highest BCUT2D eigenvalue weighted by Gasteiger charge is 2.23. The molecule has 0 aliphatic heterocycles. The predicted molar refractivity (Wildman–Crippen MR) is 132 cm³/mol. The van der Waals surface area contributed by atoms with Crippen molar-refractivity contribution >= 4 is 0 Å². The normalized spacial score (nSPS) is 12.3. The number of aromatic nitrogens is 2. The average molecular weight is 470 g/mol. The summed E-state index contributed by atoms with van der Waals surface area (Å²) in [6, 6.07) is 15.9. The third-order valence-corrected chi connectivity index (χ3v) is 5.51. The van der Waals surface area contributed by atoms with E-state index in [1.165, 1.54) is 12.1 Å². The van der Waals surface area contributed by atoms with Crippen LogP contribution in [-0.4, -0.2) is 52.2 Å². The highest BCUT2D eigenvalue weighted by Crippen LogP contribution is 2.34. The fourth-order valence-electron chi connectivity index (χ4n) is 3.86. The first kappa shape index (κ1) is 25.9. The Labute approximate surface area is 201 Å². The van der Waals surface area contributed by atoms with E-state index in [0.717, 1.165) is 42.6 Å². The Morgan fingerprint density at radius 1 is 1.06 bits per heavy atom. The molecule has 7 heteroatoms. The van der Waals surface area contributed by atoms with Crippen LogP contribution in [0.1, 0.15) is 38.7 Å². The summed E-state index contributed by atoms with van der Waals surface area (Å²) in [5, 5.41) is 15.4. The van der Waals surface area contributed by atoms with Gasteiger partial charge in [0.25, 0.3) is 0 Å². The minimum absolute atomic E-state index is 0.313. The molecule has 3 aromatic rings. The number of hydrogen-bond acceptors (Lipinski definition) is 5. The lowest BCUT2D eigenvalue weighted by Crippen LogP contribution is -2.35. The highest BCUT2D eigenvalue weighted by atomic mass is 19.1. The first-order chi connectivity index (χ1) is 16.5. The third-order valence-electron chi connectivity index (χ3n) is 5.51. The van der Waals surface area contributed by atoms with E-state index in [-0.39, 0.29) is 5.82 Å². The van der Waals surface area contributed by atoms with Gasteiger partial charge in [-0.05, 0) is 43.7 Å². The molecule has 34 heavy (non-hydrogen) atoms. The third kappa shape index (κ3) is 7.38. The Morgan fingerprint density at radius 2 is 1.79 bits per heavy atom. The lowest BCUT2D eigenvalue weighted by Gasteiger charge is -2.25. The molecule has 0 saturated carbocycles. The fourth-order valence-corrected chi connectivity index (χ4v) is 3.86. The Morgan fingerprint density at radius 3 is 2.47 bits per heavy atom. The van der Waals surface area contributed by atoms with E-state index in [1.807, 2.05) is 37.4 Å². The molecule has 0 aliphatic rings. The SMILES string of the molecule is CCCCOCC(O)CN(CCC)Cc1c(-c2ccccc2)nn(C)c1Oc1ccc(F)cc1. The van der Waals surface area contributed by atoms with Gasteiger partial charge in [0.1, 0.15) is 17.3 Å². The van der Waals surface area contributed by atoms with E-state index in [0.29, 0.717) is 37.9 Å². The molecule has 0 aliphatic carbocycles. The Kier molecular flexibility index (Phi) is 10.1. The number of rotatable bonds is 14. The molecule has 1 heterocycles. The van der Waals surface area contributed by atoms with E-state index in [2.05, 4.69) is 18.7 Å². The second kappa shape index (κ2) is 13.2. The minimum Gasteiger partial charge on any atom is -0.439 e. The molecule has 0 bridgehead atoms. The molecule has 0 spiro atoms. The predicted octanol–water partition coefficient (Wildman–Crippen LogP) is 5.41. The number of halogens is 1. The van der Waals surface area contributed by atoms with Gasteiger partial charge in [-0.15, -0.1) is 0 Å². The zero-order valence-corrected chi connectivity index (χ0v) is 20.4. The van der Waals surface area contributed by atoms with Crippen LogP contribution in [0.3, 0.4) is 0 Å². The molecular weight excluding hydrogens is 433 g/mol. The smallest absolute Gasteiger partial charge is 0.222 e. The largest absolute Gasteiger partial charge is 0.439 e. The summed E-state index contributed by atoms with van der Waals surface area (Å²) in [5.74, 6) is 0.823. The average Bonchev–Trinajstić information content (AvgIpc) is 3.14. The number of hydrogen-bond donors (Lipinski definition) is 1. The van der Waals surface area contributed by atoms with E-state index < -0.39 is 6.10 Å². The summed E-state index contributed by atoms with van der Waals surface area (Å²) in [6.07, 6.45) is 2.42. The first-order valence-corrected chi connectivity index (χ1v) is 12.0. The van der Waals surface area contributed by atoms with Crippen molar-refractivity contribution in [1.82, 2.24) is 14.7 Å². The van der Waals surface area contributed by atoms with E-state index in [9.17, 15) is 9.50 Å². The molecule has 1 aromatic heterocycles. The second-order valence-electron chi connectivity index (χ2n) is 8.50. The van der Waals surface area contributed by atoms with Crippen LogP contribution in [-0.2, 0) is 18.3 Å². The number of nitrogens with zero attached hydrogens (tertiary/aromatic N) is 3. The number of aliphatic hydroxyl groups excluding tert-OH is 1. The Hall–Kier alpha value is -2.74. The van der Waals surface area contributed by atoms with Crippen molar-refractivity contribution in [2.75, 3.05) is 26.3 Å². The fraction of sp³-hybridized carbons (Fsp3) is 0.444. The number of ether oxygens (including phenoxy) is 2. The lowest BCUT2D eigenvalue weighted by molar-refractivity contribution is 0.0143. The molecule has 184 valence electrons. The molecule has 1 unspecified atom stereocenters. The molecule has 2 aromatic carbocycles. The Balaban J connectivity index is 1.87. The summed E-state index contributed by atoms with van der Waals surface area (Å²) < 4.78 is 26.9. The van der Waals surface area contributed by atoms with Gasteiger partial charge in [0, 0.05) is 32.3 Å². The summed E-state index contributed by atoms with van der Waals surface area (Å²) in [6.45, 7) is 7.06. The van der Waals surface area contributed by atoms with Gasteiger partial charge in [0.2, 0.25) is 5.88 Å². The van der Waals surface area contributed by atoms with Gasteiger partial charge in [0.15, 0.2) is 0 Å². The maximum Gasteiger partial charge on any atom is 0.222 e. The van der Waals surface area contributed by atoms with Crippen LogP contribution in [0.4, 0.5) is 4.39 Å². The second-order valence-corrected chi connectivity index (χ2v) is 8.50. The topological polar surface area (TPSA) is 59.8 Å². The molecule has 0 amide bonds. The van der Waals surface area contributed by atoms with Crippen molar-refractivity contribution < 1.29 is 19.0 Å². The summed E-state index contributed by atoms with van der Waals surface area (Å²) >= 11 is 0. The summed E-state index contributed by atoms with van der Waals surface area (Å²) in [5.41, 5.74) is 2.74. The van der Waals surface area contributed by atoms with Gasteiger partial charge in [-0.1, -0.05) is 50.6 Å². The van der Waals surface area contributed by atoms with Crippen LogP contribution in [0.2, 0.25) is 0 Å². The van der Waals surface area contributed by atoms with Gasteiger partial charge in [-0.25, -0.2) is 9.07 Å². The quantitative estimate of drug-likeness (QED) is 0.320. The van der Waals surface area contributed by atoms with Gasteiger partial charge >= 0.3 is 0 Å². The molecule has 0 saturated heterocycles. The van der Waals surface area contributed by atoms with Crippen LogP contribution < -0.4 is 4.74 Å². The van der Waals surface area contributed by atoms with Crippen LogP contribution in [0.5, 0.6) is 11.6 Å². The minimum atomic E-state index is -0.582. The van der Waals surface area contributed by atoms with Gasteiger partial charge in [-0.2, -0.15) is 5.10 Å². The number of aliphatic hydroxyl groups is 1. The number of benzene rings is 2. The molecule has 1 N–H and O–H groups in total. The highest BCUT2D eigenvalue weighted by molar-refractivity contribution is 5.65. The van der Waals surface area contributed by atoms with Gasteiger partial charge < -0.3 is 14.6 Å². The molecule has 1 atom stereocenters. The number of aryl methyl sites for hydroxylation is 1. The van der Waals surface area contributed by atoms with Crippen LogP contribution in [0.15, 0.2) is 54.6 Å². The van der Waals surface area contributed by atoms with Crippen LogP contribution >= 0.6 is 0 Å². The summed E-state index contributed by atoms with van der Waals surface area (Å²) in [4.78, 5) is 2.20. The van der Waals surface area contributed by atoms with Crippen molar-refractivity contribution in [1.29, 1.82) is 0 Å². The molecular formula is C27H36FN3O3. The molecule has 3 rings (SSSR count). The van der Waals surface area contributed by atoms with Crippen LogP contribution in [0, 0.1) is 5.82 Å². The maximum absolute atomic E-state index is 13.4. The molecule has 6 nitrogen and oxygen atoms in total. The van der Waals surface area contributed by atoms with Crippen molar-refractivity contribution in [2.45, 2.75) is 45.8 Å². The molecule has 0 fully saturated rings. The van der Waals surface area contributed by atoms with Crippen molar-refractivity contribution in [2.24, 2.45) is 7.05 Å². The molecule has 0 radical (unpaired) electrons. The van der Waals surface area contributed by atoms with Crippen molar-refractivity contribution in [3.05, 3.63) is 66.0 Å². The van der Waals surface area contributed by atoms with Crippen molar-refractivity contribution in [3.8, 4) is 22.9 Å². The maximum atomic E-state index is 13.4. The Bertz CT molecular complexity index is 992. The van der Waals surface area contributed by atoms with E-state index in [1.54, 1.807) is 16.8 Å². The monoisotopic (exact) mass is 469 g/mol. The number of unbranched alkanes of at least 4 members (excludes halogenated alkanes) is 1. The lowest BCUT2D eigenvalue weighted by atomic mass is 10.1. The van der Waals surface area contributed by atoms with Crippen molar-refractivity contribution in [3.63, 3.8) is 0 Å².